The minimum absolute atomic E-state index is 0.298. The summed E-state index contributed by atoms with van der Waals surface area (Å²) in [5.74, 6) is -0.298. The second-order valence-electron chi connectivity index (χ2n) is 3.49. The third-order valence-corrected chi connectivity index (χ3v) is 2.09. The van der Waals surface area contributed by atoms with Crippen molar-refractivity contribution >= 4 is 5.91 Å². The van der Waals surface area contributed by atoms with Crippen LogP contribution < -0.4 is 11.1 Å². The summed E-state index contributed by atoms with van der Waals surface area (Å²) < 4.78 is 6.77. The number of ether oxygens (including phenoxy) is 1. The monoisotopic (exact) mass is 226 g/mol. The Balaban J connectivity index is 2.25. The van der Waals surface area contributed by atoms with Gasteiger partial charge in [-0.05, 0) is 0 Å². The van der Waals surface area contributed by atoms with Crippen LogP contribution in [0.4, 0.5) is 0 Å². The average Bonchev–Trinajstić information content (AvgIpc) is 2.70. The summed E-state index contributed by atoms with van der Waals surface area (Å²) in [4.78, 5) is 14.8. The molecule has 0 saturated heterocycles. The molecule has 0 radical (unpaired) electrons. The molecule has 0 aromatic carbocycles. The van der Waals surface area contributed by atoms with Gasteiger partial charge in [0.15, 0.2) is 0 Å². The number of methoxy groups -OCH3 is 1. The molecule has 0 fully saturated rings. The average molecular weight is 226 g/mol. The fourth-order valence-electron chi connectivity index (χ4n) is 1.25. The molecule has 0 bridgehead atoms. The van der Waals surface area contributed by atoms with Gasteiger partial charge in [0.2, 0.25) is 5.91 Å². The van der Waals surface area contributed by atoms with Crippen LogP contribution in [-0.2, 0) is 22.6 Å². The zero-order valence-corrected chi connectivity index (χ0v) is 9.48. The van der Waals surface area contributed by atoms with Gasteiger partial charge in [-0.1, -0.05) is 0 Å². The highest BCUT2D eigenvalue weighted by molar-refractivity contribution is 5.73. The first-order valence-electron chi connectivity index (χ1n) is 5.21. The Labute approximate surface area is 94.8 Å². The highest BCUT2D eigenvalue weighted by atomic mass is 16.5. The number of rotatable bonds is 8. The van der Waals surface area contributed by atoms with Crippen LogP contribution in [0.1, 0.15) is 12.1 Å². The van der Waals surface area contributed by atoms with Crippen molar-refractivity contribution in [3.8, 4) is 0 Å². The van der Waals surface area contributed by atoms with Gasteiger partial charge in [-0.25, -0.2) is 4.98 Å². The van der Waals surface area contributed by atoms with Crippen LogP contribution in [0.3, 0.4) is 0 Å². The Morgan fingerprint density at radius 2 is 2.50 bits per heavy atom. The zero-order chi connectivity index (χ0) is 11.8. The van der Waals surface area contributed by atoms with E-state index in [0.717, 1.165) is 12.2 Å². The van der Waals surface area contributed by atoms with Gasteiger partial charge in [0.1, 0.15) is 0 Å². The van der Waals surface area contributed by atoms with Crippen molar-refractivity contribution < 1.29 is 9.53 Å². The summed E-state index contributed by atoms with van der Waals surface area (Å²) in [6, 6.07) is 0. The van der Waals surface area contributed by atoms with E-state index in [1.165, 1.54) is 0 Å². The van der Waals surface area contributed by atoms with Crippen LogP contribution in [0.15, 0.2) is 12.5 Å². The molecule has 0 atom stereocenters. The molecule has 6 heteroatoms. The van der Waals surface area contributed by atoms with E-state index < -0.39 is 0 Å². The fraction of sp³-hybridized carbons (Fsp3) is 0.600. The molecule has 1 aromatic rings. The summed E-state index contributed by atoms with van der Waals surface area (Å²) >= 11 is 0. The maximum absolute atomic E-state index is 10.6. The Hall–Kier alpha value is -1.40. The molecule has 6 nitrogen and oxygen atoms in total. The maximum atomic E-state index is 10.6. The largest absolute Gasteiger partial charge is 0.383 e. The van der Waals surface area contributed by atoms with Gasteiger partial charge in [-0.15, -0.1) is 0 Å². The number of aromatic nitrogens is 2. The SMILES string of the molecule is COCCNCc1cn(CCC(N)=O)cn1. The van der Waals surface area contributed by atoms with E-state index in [1.54, 1.807) is 13.4 Å². The zero-order valence-electron chi connectivity index (χ0n) is 9.48. The molecular formula is C10H18N4O2. The number of nitrogens with zero attached hydrogens (tertiary/aromatic N) is 2. The molecule has 0 aliphatic carbocycles. The van der Waals surface area contributed by atoms with Crippen LogP contribution >= 0.6 is 0 Å². The molecule has 0 saturated carbocycles. The predicted octanol–water partition coefficient (Wildman–Crippen LogP) is -0.505. The predicted molar refractivity (Wildman–Crippen MR) is 59.6 cm³/mol. The van der Waals surface area contributed by atoms with Crippen molar-refractivity contribution in [3.63, 3.8) is 0 Å². The number of primary amides is 1. The molecule has 1 amide bonds. The van der Waals surface area contributed by atoms with Crippen molar-refractivity contribution in [2.75, 3.05) is 20.3 Å². The maximum Gasteiger partial charge on any atom is 0.219 e. The number of imidazole rings is 1. The summed E-state index contributed by atoms with van der Waals surface area (Å²) in [6.07, 6.45) is 3.95. The molecule has 0 aliphatic heterocycles. The van der Waals surface area contributed by atoms with E-state index in [1.807, 2.05) is 10.8 Å². The Morgan fingerprint density at radius 1 is 1.69 bits per heavy atom. The molecule has 0 aliphatic rings. The second-order valence-corrected chi connectivity index (χ2v) is 3.49. The van der Waals surface area contributed by atoms with Crippen molar-refractivity contribution in [1.82, 2.24) is 14.9 Å². The quantitative estimate of drug-likeness (QED) is 0.585. The normalized spacial score (nSPS) is 10.6. The van der Waals surface area contributed by atoms with Crippen molar-refractivity contribution in [2.24, 2.45) is 5.73 Å². The second kappa shape index (κ2) is 6.97. The van der Waals surface area contributed by atoms with Crippen LogP contribution in [-0.4, -0.2) is 35.7 Å². The number of carbonyl (C=O) groups excluding carboxylic acids is 1. The topological polar surface area (TPSA) is 82.2 Å². The first kappa shape index (κ1) is 12.7. The molecule has 3 N–H and O–H groups in total. The number of nitrogens with two attached hydrogens (primary N) is 1. The summed E-state index contributed by atoms with van der Waals surface area (Å²) in [7, 11) is 1.67. The first-order chi connectivity index (χ1) is 7.72. The summed E-state index contributed by atoms with van der Waals surface area (Å²) in [5, 5.41) is 3.19. The third-order valence-electron chi connectivity index (χ3n) is 2.09. The highest BCUT2D eigenvalue weighted by Gasteiger charge is 2.00. The molecule has 1 aromatic heterocycles. The summed E-state index contributed by atoms with van der Waals surface area (Å²) in [5.41, 5.74) is 6.01. The molecule has 0 unspecified atom stereocenters. The molecule has 90 valence electrons. The van der Waals surface area contributed by atoms with Gasteiger partial charge in [0.25, 0.3) is 0 Å². The standard InChI is InChI=1S/C10H18N4O2/c1-16-5-3-12-6-9-7-14(8-13-9)4-2-10(11)15/h7-8,12H,2-6H2,1H3,(H2,11,15). The van der Waals surface area contributed by atoms with Gasteiger partial charge in [0.05, 0.1) is 18.6 Å². The van der Waals surface area contributed by atoms with Crippen LogP contribution in [0.5, 0.6) is 0 Å². The Kier molecular flexibility index (Phi) is 5.52. The third kappa shape index (κ3) is 4.90. The number of aryl methyl sites for hydroxylation is 1. The lowest BCUT2D eigenvalue weighted by Crippen LogP contribution is -2.18. The highest BCUT2D eigenvalue weighted by Crippen LogP contribution is 1.97. The van der Waals surface area contributed by atoms with E-state index in [9.17, 15) is 4.79 Å². The first-order valence-corrected chi connectivity index (χ1v) is 5.21. The minimum Gasteiger partial charge on any atom is -0.383 e. The van der Waals surface area contributed by atoms with Crippen LogP contribution in [0.25, 0.3) is 0 Å². The van der Waals surface area contributed by atoms with Crippen molar-refractivity contribution in [2.45, 2.75) is 19.5 Å². The lowest BCUT2D eigenvalue weighted by Gasteiger charge is -2.00. The molecular weight excluding hydrogens is 208 g/mol. The Morgan fingerprint density at radius 3 is 3.19 bits per heavy atom. The minimum atomic E-state index is -0.298. The van der Waals surface area contributed by atoms with Crippen molar-refractivity contribution in [1.29, 1.82) is 0 Å². The number of carbonyl (C=O) groups is 1. The van der Waals surface area contributed by atoms with Crippen molar-refractivity contribution in [3.05, 3.63) is 18.2 Å². The summed E-state index contributed by atoms with van der Waals surface area (Å²) in [6.45, 7) is 2.76. The lowest BCUT2D eigenvalue weighted by molar-refractivity contribution is -0.118. The van der Waals surface area contributed by atoms with Crippen LogP contribution in [0.2, 0.25) is 0 Å². The van der Waals surface area contributed by atoms with E-state index in [-0.39, 0.29) is 5.91 Å². The number of hydrogen-bond donors (Lipinski definition) is 2. The van der Waals surface area contributed by atoms with Gasteiger partial charge in [-0.2, -0.15) is 0 Å². The molecule has 16 heavy (non-hydrogen) atoms. The van der Waals surface area contributed by atoms with E-state index in [4.69, 9.17) is 10.5 Å². The lowest BCUT2D eigenvalue weighted by atomic mass is 10.4. The van der Waals surface area contributed by atoms with Crippen LogP contribution in [0, 0.1) is 0 Å². The molecule has 1 heterocycles. The molecule has 1 rings (SSSR count). The van der Waals surface area contributed by atoms with Gasteiger partial charge >= 0.3 is 0 Å². The van der Waals surface area contributed by atoms with E-state index >= 15 is 0 Å². The van der Waals surface area contributed by atoms with Gasteiger partial charge < -0.3 is 20.4 Å². The number of hydrogen-bond acceptors (Lipinski definition) is 4. The van der Waals surface area contributed by atoms with E-state index in [2.05, 4.69) is 10.3 Å². The fourth-order valence-corrected chi connectivity index (χ4v) is 1.25. The molecule has 0 spiro atoms. The smallest absolute Gasteiger partial charge is 0.219 e. The number of nitrogens with one attached hydrogen (secondary N) is 1. The Bertz CT molecular complexity index is 324. The van der Waals surface area contributed by atoms with E-state index in [0.29, 0.717) is 26.1 Å². The number of amides is 1. The van der Waals surface area contributed by atoms with Gasteiger partial charge in [-0.3, -0.25) is 4.79 Å². The van der Waals surface area contributed by atoms with Gasteiger partial charge in [0, 0.05) is 39.4 Å².